The molecule has 5 aromatic carbocycles. The van der Waals surface area contributed by atoms with Crippen LogP contribution >= 0.6 is 0 Å². The number of rotatable bonds is 3. The summed E-state index contributed by atoms with van der Waals surface area (Å²) in [4.78, 5) is 5.10. The minimum atomic E-state index is -0.0660. The van der Waals surface area contributed by atoms with E-state index in [9.17, 15) is 0 Å². The molecule has 1 aliphatic carbocycles. The highest BCUT2D eigenvalue weighted by Crippen LogP contribution is 2.55. The van der Waals surface area contributed by atoms with Gasteiger partial charge >= 0.3 is 0 Å². The molecule has 54 heavy (non-hydrogen) atoms. The van der Waals surface area contributed by atoms with E-state index < -0.39 is 0 Å². The van der Waals surface area contributed by atoms with Crippen LogP contribution in [0.3, 0.4) is 0 Å². The molecular weight excluding hydrogens is 655 g/mol. The van der Waals surface area contributed by atoms with Gasteiger partial charge in [0.25, 0.3) is 6.71 Å². The Bertz CT molecular complexity index is 2470. The number of hydrogen-bond acceptors (Lipinski definition) is 3. The number of nitrogens with zero attached hydrogens (tertiary/aromatic N) is 2. The number of para-hydroxylation sites is 1. The van der Waals surface area contributed by atoms with Gasteiger partial charge in [0, 0.05) is 39.4 Å². The van der Waals surface area contributed by atoms with Gasteiger partial charge in [-0.15, -0.1) is 0 Å². The lowest BCUT2D eigenvalue weighted by molar-refractivity contribution is 0.282. The summed E-state index contributed by atoms with van der Waals surface area (Å²) in [7, 11) is 0. The normalized spacial score (nSPS) is 16.5. The first-order valence-corrected chi connectivity index (χ1v) is 19.9. The number of aryl methyl sites for hydroxylation is 4. The summed E-state index contributed by atoms with van der Waals surface area (Å²) in [6.07, 6.45) is 2.22. The second kappa shape index (κ2) is 11.8. The number of fused-ring (bicyclic) bond motifs is 6. The molecule has 4 heteroatoms. The lowest BCUT2D eigenvalue weighted by Gasteiger charge is -2.44. The van der Waals surface area contributed by atoms with Crippen molar-refractivity contribution in [2.75, 3.05) is 9.80 Å². The van der Waals surface area contributed by atoms with Crippen LogP contribution in [0.15, 0.2) is 101 Å². The van der Waals surface area contributed by atoms with Crippen molar-refractivity contribution in [3.63, 3.8) is 0 Å². The Balaban J connectivity index is 1.33. The zero-order valence-corrected chi connectivity index (χ0v) is 34.0. The Morgan fingerprint density at radius 2 is 1.28 bits per heavy atom. The molecule has 0 saturated carbocycles. The Kier molecular flexibility index (Phi) is 7.58. The maximum Gasteiger partial charge on any atom is 0.297 e. The summed E-state index contributed by atoms with van der Waals surface area (Å²) in [6, 6.07) is 36.9. The number of furan rings is 1. The molecule has 0 unspecified atom stereocenters. The Morgan fingerprint density at radius 3 is 1.94 bits per heavy atom. The van der Waals surface area contributed by atoms with E-state index in [0.717, 1.165) is 24.3 Å². The van der Waals surface area contributed by atoms with Gasteiger partial charge in [0.2, 0.25) is 0 Å². The van der Waals surface area contributed by atoms with Crippen molar-refractivity contribution < 1.29 is 4.42 Å². The third kappa shape index (κ3) is 5.09. The van der Waals surface area contributed by atoms with Crippen LogP contribution in [0, 0.1) is 27.7 Å². The molecule has 9 rings (SSSR count). The van der Waals surface area contributed by atoms with E-state index in [2.05, 4.69) is 183 Å². The molecule has 3 heterocycles. The molecule has 0 N–H and O–H groups in total. The lowest BCUT2D eigenvalue weighted by atomic mass is 9.35. The number of hydrogen-bond donors (Lipinski definition) is 0. The van der Waals surface area contributed by atoms with Gasteiger partial charge in [-0.3, -0.25) is 0 Å². The average Bonchev–Trinajstić information content (AvgIpc) is 3.53. The minimum Gasteiger partial charge on any atom is -0.472 e. The molecule has 0 atom stereocenters. The van der Waals surface area contributed by atoms with Crippen LogP contribution in [0.5, 0.6) is 0 Å². The quantitative estimate of drug-likeness (QED) is 0.170. The molecular formula is C50H53BN2O. The van der Waals surface area contributed by atoms with Gasteiger partial charge in [-0.2, -0.15) is 0 Å². The summed E-state index contributed by atoms with van der Waals surface area (Å²) in [5.41, 5.74) is 21.4. The predicted molar refractivity (Wildman–Crippen MR) is 231 cm³/mol. The van der Waals surface area contributed by atoms with Crippen LogP contribution in [-0.4, -0.2) is 6.71 Å². The van der Waals surface area contributed by atoms with Gasteiger partial charge in [-0.25, -0.2) is 0 Å². The van der Waals surface area contributed by atoms with Crippen LogP contribution in [0.1, 0.15) is 100 Å². The molecule has 1 aromatic heterocycles. The maximum absolute atomic E-state index is 7.44. The fourth-order valence-corrected chi connectivity index (χ4v) is 9.83. The molecule has 2 aliphatic heterocycles. The summed E-state index contributed by atoms with van der Waals surface area (Å²) < 4.78 is 7.44. The van der Waals surface area contributed by atoms with E-state index in [1.54, 1.807) is 0 Å². The van der Waals surface area contributed by atoms with Gasteiger partial charge in [0.1, 0.15) is 5.76 Å². The van der Waals surface area contributed by atoms with Crippen LogP contribution in [-0.2, 0) is 16.2 Å². The van der Waals surface area contributed by atoms with Gasteiger partial charge in [-0.1, -0.05) is 103 Å². The van der Waals surface area contributed by atoms with E-state index in [4.69, 9.17) is 4.42 Å². The SMILES string of the molecule is Cc1cc2c3c(c1)N(c1ccc(C(C)(C)C)cc1)c1c(oc4c1C(C)(C)CCC4(C)C)B3c1ccccc1N2c1ccc(-c2c(C)cccc2C)cc1C. The van der Waals surface area contributed by atoms with Gasteiger partial charge in [0.05, 0.1) is 11.3 Å². The van der Waals surface area contributed by atoms with E-state index in [1.807, 2.05) is 0 Å². The van der Waals surface area contributed by atoms with Crippen LogP contribution in [0.2, 0.25) is 0 Å². The molecule has 0 radical (unpaired) electrons. The lowest BCUT2D eigenvalue weighted by Crippen LogP contribution is -2.61. The second-order valence-electron chi connectivity index (χ2n) is 18.7. The predicted octanol–water partition coefficient (Wildman–Crippen LogP) is 11.9. The fraction of sp³-hybridized carbons (Fsp3) is 0.320. The highest BCUT2D eigenvalue weighted by atomic mass is 16.3. The molecule has 0 bridgehead atoms. The van der Waals surface area contributed by atoms with Crippen LogP contribution < -0.4 is 26.4 Å². The first kappa shape index (κ1) is 34.8. The monoisotopic (exact) mass is 708 g/mol. The first-order chi connectivity index (χ1) is 25.6. The van der Waals surface area contributed by atoms with Crippen LogP contribution in [0.25, 0.3) is 11.1 Å². The molecule has 3 nitrogen and oxygen atoms in total. The molecule has 0 amide bonds. The fourth-order valence-electron chi connectivity index (χ4n) is 9.83. The molecule has 272 valence electrons. The van der Waals surface area contributed by atoms with Crippen molar-refractivity contribution in [1.29, 1.82) is 0 Å². The van der Waals surface area contributed by atoms with Gasteiger partial charge in [0.15, 0.2) is 0 Å². The Labute approximate surface area is 323 Å². The van der Waals surface area contributed by atoms with Crippen molar-refractivity contribution in [3.8, 4) is 11.1 Å². The standard InChI is InChI=1S/C50H53BN2O/c1-30-27-40-44-41(28-30)53(38-24-19-34(29-33(38)4)42-31(2)15-14-16-32(42)3)39-18-13-12-17-37(39)51(44)47-45(43-46(54-47)50(10,11)26-25-49(43,8)9)52(40)36-22-20-35(21-23-36)48(5,6)7/h12-24,27-29H,25-26H2,1-11H3. The third-order valence-electron chi connectivity index (χ3n) is 12.8. The second-order valence-corrected chi connectivity index (χ2v) is 18.7. The highest BCUT2D eigenvalue weighted by Gasteiger charge is 2.52. The maximum atomic E-state index is 7.44. The summed E-state index contributed by atoms with van der Waals surface area (Å²) in [5.74, 6) is 1.16. The number of benzene rings is 5. The first-order valence-electron chi connectivity index (χ1n) is 19.9. The Hall–Kier alpha value is -4.96. The van der Waals surface area contributed by atoms with Crippen molar-refractivity contribution in [1.82, 2.24) is 0 Å². The van der Waals surface area contributed by atoms with E-state index in [0.29, 0.717) is 0 Å². The Morgan fingerprint density at radius 1 is 0.630 bits per heavy atom. The largest absolute Gasteiger partial charge is 0.472 e. The van der Waals surface area contributed by atoms with Gasteiger partial charge < -0.3 is 14.2 Å². The molecule has 0 saturated heterocycles. The van der Waals surface area contributed by atoms with Crippen molar-refractivity contribution in [2.45, 2.75) is 105 Å². The average molecular weight is 709 g/mol. The molecule has 0 fully saturated rings. The van der Waals surface area contributed by atoms with Crippen molar-refractivity contribution in [3.05, 3.63) is 136 Å². The van der Waals surface area contributed by atoms with E-state index >= 15 is 0 Å². The zero-order chi connectivity index (χ0) is 38.1. The van der Waals surface area contributed by atoms with Crippen molar-refractivity contribution in [2.24, 2.45) is 0 Å². The topological polar surface area (TPSA) is 19.6 Å². The molecule has 3 aliphatic rings. The third-order valence-corrected chi connectivity index (χ3v) is 12.8. The van der Waals surface area contributed by atoms with E-state index in [1.165, 1.54) is 89.6 Å². The zero-order valence-electron chi connectivity index (χ0n) is 34.0. The molecule has 0 spiro atoms. The summed E-state index contributed by atoms with van der Waals surface area (Å²) in [5, 5.41) is 0. The van der Waals surface area contributed by atoms with Crippen molar-refractivity contribution >= 4 is 57.4 Å². The highest BCUT2D eigenvalue weighted by molar-refractivity contribution is 6.99. The number of anilines is 6. The smallest absolute Gasteiger partial charge is 0.297 e. The summed E-state index contributed by atoms with van der Waals surface area (Å²) >= 11 is 0. The van der Waals surface area contributed by atoms with Crippen LogP contribution in [0.4, 0.5) is 34.1 Å². The van der Waals surface area contributed by atoms with E-state index in [-0.39, 0.29) is 23.0 Å². The minimum absolute atomic E-state index is 0.0328. The molecule has 6 aromatic rings. The van der Waals surface area contributed by atoms with Gasteiger partial charge in [-0.05, 0) is 144 Å². The summed E-state index contributed by atoms with van der Waals surface area (Å²) in [6.45, 7) is 25.4.